The first-order valence-electron chi connectivity index (χ1n) is 11.9. The molecule has 0 radical (unpaired) electrons. The fourth-order valence-electron chi connectivity index (χ4n) is 3.89. The molecule has 28 heavy (non-hydrogen) atoms. The van der Waals surface area contributed by atoms with Gasteiger partial charge in [-0.25, -0.2) is 0 Å². The highest BCUT2D eigenvalue weighted by Gasteiger charge is 2.08. The fourth-order valence-corrected chi connectivity index (χ4v) is 3.89. The van der Waals surface area contributed by atoms with E-state index >= 15 is 0 Å². The Morgan fingerprint density at radius 3 is 0.571 bits per heavy atom. The summed E-state index contributed by atoms with van der Waals surface area (Å²) in [7, 11) is 10.9. The van der Waals surface area contributed by atoms with E-state index in [2.05, 4.69) is 59.7 Å². The van der Waals surface area contributed by atoms with Crippen LogP contribution in [-0.4, -0.2) is 125 Å². The van der Waals surface area contributed by atoms with Crippen LogP contribution in [-0.2, 0) is 0 Å². The lowest BCUT2D eigenvalue weighted by atomic mass is 10.1. The van der Waals surface area contributed by atoms with Gasteiger partial charge < -0.3 is 24.5 Å². The molecule has 4 rings (SSSR count). The van der Waals surface area contributed by atoms with Crippen LogP contribution in [0.3, 0.4) is 0 Å². The number of likely N-dealkylation sites (tertiary alicyclic amines) is 3. The molecule has 0 aromatic heterocycles. The zero-order valence-electron chi connectivity index (χ0n) is 20.0. The van der Waals surface area contributed by atoms with Gasteiger partial charge in [-0.15, -0.1) is 0 Å². The number of nitrogens with zero attached hydrogens (tertiary/aromatic N) is 5. The lowest BCUT2D eigenvalue weighted by Gasteiger charge is -2.28. The quantitative estimate of drug-likeness (QED) is 0.623. The topological polar surface area (TPSA) is 16.2 Å². The molecule has 168 valence electrons. The maximum absolute atomic E-state index is 2.39. The van der Waals surface area contributed by atoms with Crippen LogP contribution in [0.25, 0.3) is 0 Å². The molecule has 4 heterocycles. The average molecular weight is 398 g/mol. The van der Waals surface area contributed by atoms with Gasteiger partial charge in [-0.05, 0) is 113 Å². The molecule has 4 aliphatic heterocycles. The highest BCUT2D eigenvalue weighted by molar-refractivity contribution is 4.64. The molecule has 0 amide bonds. The Bertz CT molecular complexity index is 300. The second kappa shape index (κ2) is 16.6. The summed E-state index contributed by atoms with van der Waals surface area (Å²) in [6.07, 6.45) is 11.4. The molecule has 5 nitrogen and oxygen atoms in total. The number of piperazine rings is 1. The molecule has 0 bridgehead atoms. The second-order valence-electron chi connectivity index (χ2n) is 9.34. The van der Waals surface area contributed by atoms with E-state index in [0.717, 1.165) is 0 Å². The van der Waals surface area contributed by atoms with Crippen molar-refractivity contribution < 1.29 is 0 Å². The molecule has 4 fully saturated rings. The van der Waals surface area contributed by atoms with Gasteiger partial charge in [0.25, 0.3) is 0 Å². The largest absolute Gasteiger partial charge is 0.306 e. The Morgan fingerprint density at radius 2 is 0.429 bits per heavy atom. The highest BCUT2D eigenvalue weighted by atomic mass is 15.2. The predicted octanol–water partition coefficient (Wildman–Crippen LogP) is 2.78. The van der Waals surface area contributed by atoms with Crippen molar-refractivity contribution in [2.24, 2.45) is 0 Å². The van der Waals surface area contributed by atoms with Gasteiger partial charge >= 0.3 is 0 Å². The number of likely N-dealkylation sites (N-methyl/N-ethyl adjacent to an activating group) is 2. The van der Waals surface area contributed by atoms with E-state index in [4.69, 9.17) is 0 Å². The van der Waals surface area contributed by atoms with E-state index in [0.29, 0.717) is 0 Å². The van der Waals surface area contributed by atoms with Crippen molar-refractivity contribution in [1.82, 2.24) is 24.5 Å². The summed E-state index contributed by atoms with van der Waals surface area (Å²) in [5.41, 5.74) is 0. The standard InChI is InChI=1S/C6H14N2.2C6H13N.C5H11N/c1-7-3-5-8(2)6-4-7;2*1-7-5-3-2-4-6-7;1-6-4-2-3-5-6/h3-6H2,1-2H3;2*2-6H2,1H3;2-5H2,1H3. The third-order valence-electron chi connectivity index (χ3n) is 6.22. The normalized spacial score (nSPS) is 25.6. The van der Waals surface area contributed by atoms with Crippen molar-refractivity contribution in [1.29, 1.82) is 0 Å². The van der Waals surface area contributed by atoms with Crippen molar-refractivity contribution in [2.45, 2.75) is 51.4 Å². The smallest absolute Gasteiger partial charge is 0.0107 e. The van der Waals surface area contributed by atoms with Gasteiger partial charge in [0.2, 0.25) is 0 Å². The third kappa shape index (κ3) is 14.7. The van der Waals surface area contributed by atoms with Gasteiger partial charge in [0.05, 0.1) is 0 Å². The number of hydrogen-bond donors (Lipinski definition) is 0. The Morgan fingerprint density at radius 1 is 0.250 bits per heavy atom. The lowest BCUT2D eigenvalue weighted by molar-refractivity contribution is 0.181. The monoisotopic (exact) mass is 397 g/mol. The first-order chi connectivity index (χ1) is 13.5. The van der Waals surface area contributed by atoms with Crippen molar-refractivity contribution >= 4 is 0 Å². The van der Waals surface area contributed by atoms with Crippen molar-refractivity contribution in [3.63, 3.8) is 0 Å². The minimum absolute atomic E-state index is 1.23. The summed E-state index contributed by atoms with van der Waals surface area (Å²) in [6.45, 7) is 12.8. The van der Waals surface area contributed by atoms with Crippen LogP contribution >= 0.6 is 0 Å². The van der Waals surface area contributed by atoms with E-state index in [-0.39, 0.29) is 0 Å². The van der Waals surface area contributed by atoms with Crippen molar-refractivity contribution in [3.8, 4) is 0 Å². The lowest BCUT2D eigenvalue weighted by Crippen LogP contribution is -2.42. The molecular formula is C23H51N5. The van der Waals surface area contributed by atoms with Crippen LogP contribution in [0.4, 0.5) is 0 Å². The van der Waals surface area contributed by atoms with Gasteiger partial charge in [0, 0.05) is 26.2 Å². The van der Waals surface area contributed by atoms with Crippen LogP contribution in [0.15, 0.2) is 0 Å². The van der Waals surface area contributed by atoms with E-state index < -0.39 is 0 Å². The molecule has 0 aliphatic carbocycles. The molecule has 5 heteroatoms. The Balaban J connectivity index is 0.000000188. The second-order valence-corrected chi connectivity index (χ2v) is 9.34. The SMILES string of the molecule is CN1CCCC1.CN1CCCCC1.CN1CCCCC1.CN1CCN(C)CC1. The number of hydrogen-bond acceptors (Lipinski definition) is 5. The van der Waals surface area contributed by atoms with Crippen LogP contribution in [0.5, 0.6) is 0 Å². The molecule has 0 aromatic carbocycles. The van der Waals surface area contributed by atoms with Crippen LogP contribution in [0.2, 0.25) is 0 Å². The summed E-state index contributed by atoms with van der Waals surface area (Å²) in [6, 6.07) is 0. The van der Waals surface area contributed by atoms with Crippen LogP contribution in [0, 0.1) is 0 Å². The first-order valence-corrected chi connectivity index (χ1v) is 11.9. The Kier molecular flexibility index (Phi) is 15.3. The summed E-state index contributed by atoms with van der Waals surface area (Å²) in [5.74, 6) is 0. The maximum Gasteiger partial charge on any atom is 0.0107 e. The van der Waals surface area contributed by atoms with Crippen molar-refractivity contribution in [3.05, 3.63) is 0 Å². The molecule has 0 atom stereocenters. The van der Waals surface area contributed by atoms with Crippen molar-refractivity contribution in [2.75, 3.05) is 101 Å². The molecular weight excluding hydrogens is 346 g/mol. The summed E-state index contributed by atoms with van der Waals surface area (Å²) in [4.78, 5) is 11.9. The number of piperidine rings is 2. The fraction of sp³-hybridized carbons (Fsp3) is 1.00. The maximum atomic E-state index is 2.39. The summed E-state index contributed by atoms with van der Waals surface area (Å²) < 4.78 is 0. The minimum Gasteiger partial charge on any atom is -0.306 e. The predicted molar refractivity (Wildman–Crippen MR) is 124 cm³/mol. The molecule has 4 aliphatic rings. The molecule has 0 aromatic rings. The zero-order chi connectivity index (χ0) is 20.6. The van der Waals surface area contributed by atoms with Gasteiger partial charge in [-0.2, -0.15) is 0 Å². The van der Waals surface area contributed by atoms with E-state index in [1.807, 2.05) is 0 Å². The minimum atomic E-state index is 1.23. The summed E-state index contributed by atoms with van der Waals surface area (Å²) in [5, 5.41) is 0. The van der Waals surface area contributed by atoms with E-state index in [9.17, 15) is 0 Å². The van der Waals surface area contributed by atoms with Gasteiger partial charge in [0.1, 0.15) is 0 Å². The van der Waals surface area contributed by atoms with Gasteiger partial charge in [0.15, 0.2) is 0 Å². The molecule has 0 spiro atoms. The van der Waals surface area contributed by atoms with Gasteiger partial charge in [-0.3, -0.25) is 0 Å². The Labute approximate surface area is 177 Å². The Hall–Kier alpha value is -0.200. The van der Waals surface area contributed by atoms with Crippen LogP contribution in [0.1, 0.15) is 51.4 Å². The summed E-state index contributed by atoms with van der Waals surface area (Å²) >= 11 is 0. The van der Waals surface area contributed by atoms with E-state index in [1.54, 1.807) is 0 Å². The molecule has 0 saturated carbocycles. The average Bonchev–Trinajstić information content (AvgIpc) is 3.18. The van der Waals surface area contributed by atoms with Crippen LogP contribution < -0.4 is 0 Å². The molecule has 0 unspecified atom stereocenters. The highest BCUT2D eigenvalue weighted by Crippen LogP contribution is 2.05. The third-order valence-corrected chi connectivity index (χ3v) is 6.22. The van der Waals surface area contributed by atoms with E-state index in [1.165, 1.54) is 117 Å². The zero-order valence-corrected chi connectivity index (χ0v) is 20.0. The van der Waals surface area contributed by atoms with Gasteiger partial charge in [-0.1, -0.05) is 12.8 Å². The molecule has 0 N–H and O–H groups in total. The molecule has 4 saturated heterocycles. The number of rotatable bonds is 0. The first kappa shape index (κ1) is 25.8.